The maximum atomic E-state index is 9.92. The molecule has 0 spiro atoms. The summed E-state index contributed by atoms with van der Waals surface area (Å²) in [5.74, 6) is 0. The van der Waals surface area contributed by atoms with Crippen molar-refractivity contribution in [3.8, 4) is 0 Å². The van der Waals surface area contributed by atoms with E-state index in [4.69, 9.17) is 18.9 Å². The lowest BCUT2D eigenvalue weighted by Gasteiger charge is -2.27. The Kier molecular flexibility index (Phi) is 13.1. The van der Waals surface area contributed by atoms with Crippen LogP contribution in [0.2, 0.25) is 0 Å². The Labute approximate surface area is 201 Å². The van der Waals surface area contributed by atoms with Crippen LogP contribution in [0.3, 0.4) is 0 Å². The lowest BCUT2D eigenvalue weighted by atomic mass is 10.0. The van der Waals surface area contributed by atoms with Gasteiger partial charge in [0.2, 0.25) is 0 Å². The molecule has 2 rings (SSSR count). The monoisotopic (exact) mass is 474 g/mol. The minimum absolute atomic E-state index is 0.178. The van der Waals surface area contributed by atoms with E-state index in [1.165, 1.54) is 0 Å². The number of hydrogen-bond acceptors (Lipinski definition) is 8. The van der Waals surface area contributed by atoms with Crippen molar-refractivity contribution in [3.63, 3.8) is 0 Å². The first-order valence-electron chi connectivity index (χ1n) is 12.9. The summed E-state index contributed by atoms with van der Waals surface area (Å²) in [5.41, 5.74) is -0.194. The average molecular weight is 475 g/mol. The smallest absolute Gasteiger partial charge is 0.0900 e. The van der Waals surface area contributed by atoms with Crippen LogP contribution in [0.4, 0.5) is 0 Å². The molecule has 0 radical (unpaired) electrons. The van der Waals surface area contributed by atoms with Crippen molar-refractivity contribution in [1.82, 2.24) is 9.80 Å². The molecule has 0 bridgehead atoms. The molecular formula is C25H50N2O6. The molecular weight excluding hydrogens is 424 g/mol. The zero-order valence-electron chi connectivity index (χ0n) is 21.7. The summed E-state index contributed by atoms with van der Waals surface area (Å²) >= 11 is 0. The second kappa shape index (κ2) is 14.9. The average Bonchev–Trinajstić information content (AvgIpc) is 3.64. The fourth-order valence-corrected chi connectivity index (χ4v) is 3.84. The minimum atomic E-state index is -0.401. The standard InChI is InChI=1S/C25H50N2O6/c1-20-14-26(20)16-23(28)18-30-10-6-12-32-22(3)8-9-25(4,5)33-13-7-11-31-19-24(29)17-27-15-21(27)2/h20-24,28-29H,6-19H2,1-5H3. The molecule has 2 N–H and O–H groups in total. The number of aliphatic hydroxyl groups is 2. The first-order chi connectivity index (χ1) is 15.7. The highest BCUT2D eigenvalue weighted by atomic mass is 16.5. The molecule has 0 aromatic rings. The summed E-state index contributed by atoms with van der Waals surface area (Å²) in [7, 11) is 0. The van der Waals surface area contributed by atoms with E-state index in [-0.39, 0.29) is 11.7 Å². The van der Waals surface area contributed by atoms with E-state index >= 15 is 0 Å². The first kappa shape index (κ1) is 28.9. The van der Waals surface area contributed by atoms with Crippen LogP contribution in [0.15, 0.2) is 0 Å². The van der Waals surface area contributed by atoms with Gasteiger partial charge in [0.15, 0.2) is 0 Å². The minimum Gasteiger partial charge on any atom is -0.389 e. The lowest BCUT2D eigenvalue weighted by molar-refractivity contribution is -0.0486. The van der Waals surface area contributed by atoms with Gasteiger partial charge in [-0.15, -0.1) is 0 Å². The summed E-state index contributed by atoms with van der Waals surface area (Å²) < 4.78 is 23.1. The van der Waals surface area contributed by atoms with E-state index in [0.29, 0.717) is 64.8 Å². The summed E-state index contributed by atoms with van der Waals surface area (Å²) in [6.07, 6.45) is 2.91. The van der Waals surface area contributed by atoms with Crippen molar-refractivity contribution in [1.29, 1.82) is 0 Å². The molecule has 0 aromatic carbocycles. The zero-order chi connectivity index (χ0) is 24.3. The van der Waals surface area contributed by atoms with E-state index in [9.17, 15) is 10.2 Å². The predicted molar refractivity (Wildman–Crippen MR) is 130 cm³/mol. The second-order valence-corrected chi connectivity index (χ2v) is 10.6. The number of ether oxygens (including phenoxy) is 4. The molecule has 0 saturated carbocycles. The predicted octanol–water partition coefficient (Wildman–Crippen LogP) is 1.91. The van der Waals surface area contributed by atoms with Crippen LogP contribution in [0.1, 0.15) is 60.3 Å². The number of hydrogen-bond donors (Lipinski definition) is 2. The van der Waals surface area contributed by atoms with E-state index in [1.807, 2.05) is 0 Å². The molecule has 8 nitrogen and oxygen atoms in total. The largest absolute Gasteiger partial charge is 0.389 e. The first-order valence-corrected chi connectivity index (χ1v) is 12.9. The Balaban J connectivity index is 1.36. The Morgan fingerprint density at radius 3 is 1.82 bits per heavy atom. The van der Waals surface area contributed by atoms with Crippen molar-refractivity contribution in [2.45, 2.75) is 96.3 Å². The maximum Gasteiger partial charge on any atom is 0.0900 e. The SMILES string of the molecule is CC(CCC(C)(C)OCCCOCC(O)CN1CC1C)OCCCOCC(O)CN1CC1C. The van der Waals surface area contributed by atoms with E-state index in [1.54, 1.807) is 0 Å². The Hall–Kier alpha value is -0.320. The van der Waals surface area contributed by atoms with Gasteiger partial charge in [-0.2, -0.15) is 0 Å². The van der Waals surface area contributed by atoms with Crippen LogP contribution in [-0.2, 0) is 18.9 Å². The van der Waals surface area contributed by atoms with E-state index in [0.717, 1.165) is 38.8 Å². The van der Waals surface area contributed by atoms with Gasteiger partial charge in [0, 0.05) is 64.7 Å². The highest BCUT2D eigenvalue weighted by Gasteiger charge is 2.31. The molecule has 8 heteroatoms. The third kappa shape index (κ3) is 14.0. The number of β-amino-alcohol motifs (C(OH)–C–C–N with tert-alkyl or cyclic N) is 2. The lowest BCUT2D eigenvalue weighted by Crippen LogP contribution is -2.28. The van der Waals surface area contributed by atoms with Crippen LogP contribution >= 0.6 is 0 Å². The summed E-state index contributed by atoms with van der Waals surface area (Å²) in [6, 6.07) is 1.23. The normalized spacial score (nSPS) is 27.4. The number of nitrogens with zero attached hydrogens (tertiary/aromatic N) is 2. The van der Waals surface area contributed by atoms with Gasteiger partial charge < -0.3 is 29.2 Å². The molecule has 7 unspecified atom stereocenters. The highest BCUT2D eigenvalue weighted by Crippen LogP contribution is 2.20. The molecule has 7 atom stereocenters. The van der Waals surface area contributed by atoms with Gasteiger partial charge in [-0.3, -0.25) is 9.80 Å². The van der Waals surface area contributed by atoms with Crippen LogP contribution in [0.25, 0.3) is 0 Å². The van der Waals surface area contributed by atoms with Crippen LogP contribution in [0.5, 0.6) is 0 Å². The molecule has 2 heterocycles. The summed E-state index contributed by atoms with van der Waals surface area (Å²) in [4.78, 5) is 4.47. The highest BCUT2D eigenvalue weighted by molar-refractivity contribution is 4.86. The van der Waals surface area contributed by atoms with Crippen molar-refractivity contribution in [3.05, 3.63) is 0 Å². The van der Waals surface area contributed by atoms with Gasteiger partial charge in [0.25, 0.3) is 0 Å². The molecule has 2 aliphatic rings. The fourth-order valence-electron chi connectivity index (χ4n) is 3.84. The molecule has 0 aromatic heterocycles. The van der Waals surface area contributed by atoms with Gasteiger partial charge in [-0.05, 0) is 60.3 Å². The van der Waals surface area contributed by atoms with Gasteiger partial charge in [0.05, 0.1) is 37.1 Å². The van der Waals surface area contributed by atoms with Crippen molar-refractivity contribution < 1.29 is 29.2 Å². The van der Waals surface area contributed by atoms with Crippen LogP contribution in [-0.4, -0.2) is 122 Å². The zero-order valence-corrected chi connectivity index (χ0v) is 21.7. The van der Waals surface area contributed by atoms with Crippen LogP contribution < -0.4 is 0 Å². The molecule has 2 aliphatic heterocycles. The van der Waals surface area contributed by atoms with Gasteiger partial charge >= 0.3 is 0 Å². The Morgan fingerprint density at radius 1 is 0.848 bits per heavy atom. The Morgan fingerprint density at radius 2 is 1.33 bits per heavy atom. The van der Waals surface area contributed by atoms with Crippen LogP contribution in [0, 0.1) is 0 Å². The molecule has 196 valence electrons. The van der Waals surface area contributed by atoms with Crippen molar-refractivity contribution >= 4 is 0 Å². The van der Waals surface area contributed by atoms with E-state index < -0.39 is 12.2 Å². The van der Waals surface area contributed by atoms with E-state index in [2.05, 4.69) is 44.4 Å². The van der Waals surface area contributed by atoms with Crippen molar-refractivity contribution in [2.24, 2.45) is 0 Å². The van der Waals surface area contributed by atoms with Gasteiger partial charge in [-0.1, -0.05) is 0 Å². The molecule has 2 fully saturated rings. The molecule has 0 amide bonds. The third-order valence-electron chi connectivity index (χ3n) is 6.40. The number of rotatable bonds is 21. The molecule has 33 heavy (non-hydrogen) atoms. The quantitative estimate of drug-likeness (QED) is 0.193. The second-order valence-electron chi connectivity index (χ2n) is 10.6. The van der Waals surface area contributed by atoms with Crippen molar-refractivity contribution in [2.75, 3.05) is 65.8 Å². The Bertz CT molecular complexity index is 523. The fraction of sp³-hybridized carbons (Fsp3) is 1.00. The van der Waals surface area contributed by atoms with Gasteiger partial charge in [-0.25, -0.2) is 0 Å². The van der Waals surface area contributed by atoms with Gasteiger partial charge in [0.1, 0.15) is 0 Å². The molecule has 0 aliphatic carbocycles. The number of aliphatic hydroxyl groups excluding tert-OH is 2. The molecule has 2 saturated heterocycles. The maximum absolute atomic E-state index is 9.92. The summed E-state index contributed by atoms with van der Waals surface area (Å²) in [5, 5.41) is 19.8. The summed E-state index contributed by atoms with van der Waals surface area (Å²) in [6.45, 7) is 17.6. The third-order valence-corrected chi connectivity index (χ3v) is 6.40. The topological polar surface area (TPSA) is 83.4 Å².